The minimum atomic E-state index is -1.13. The van der Waals surface area contributed by atoms with Crippen LogP contribution in [0.15, 0.2) is 39.8 Å². The number of nitrogens with one attached hydrogen (secondary N) is 1. The number of furan rings is 1. The summed E-state index contributed by atoms with van der Waals surface area (Å²) in [5.41, 5.74) is 0.777. The lowest BCUT2D eigenvalue weighted by Gasteiger charge is -2.02. The molecule has 0 amide bonds. The first-order valence-corrected chi connectivity index (χ1v) is 6.09. The molecule has 1 atom stereocenters. The Labute approximate surface area is 91.1 Å². The topological polar surface area (TPSA) is 42.2 Å². The quantitative estimate of drug-likeness (QED) is 0.865. The predicted octanol–water partition coefficient (Wildman–Crippen LogP) is 2.46. The molecule has 3 nitrogen and oxygen atoms in total. The maximum Gasteiger partial charge on any atom is 0.135 e. The van der Waals surface area contributed by atoms with Crippen LogP contribution < -0.4 is 4.72 Å². The van der Waals surface area contributed by atoms with Crippen molar-refractivity contribution in [3.63, 3.8) is 0 Å². The highest BCUT2D eigenvalue weighted by Crippen LogP contribution is 2.18. The molecule has 0 bridgehead atoms. The van der Waals surface area contributed by atoms with Crippen molar-refractivity contribution in [2.45, 2.75) is 18.2 Å². The molecule has 0 spiro atoms. The first-order chi connectivity index (χ1) is 7.31. The second-order valence-electron chi connectivity index (χ2n) is 3.28. The van der Waals surface area contributed by atoms with Crippen LogP contribution in [0.25, 0.3) is 11.0 Å². The van der Waals surface area contributed by atoms with Crippen molar-refractivity contribution >= 4 is 22.0 Å². The summed E-state index contributed by atoms with van der Waals surface area (Å²) in [7, 11) is -1.13. The Morgan fingerprint density at radius 2 is 2.27 bits per heavy atom. The lowest BCUT2D eigenvalue weighted by Crippen LogP contribution is -2.17. The zero-order valence-corrected chi connectivity index (χ0v) is 9.34. The molecule has 1 unspecified atom stereocenters. The lowest BCUT2D eigenvalue weighted by atomic mass is 10.3. The Hall–Kier alpha value is -1.13. The summed E-state index contributed by atoms with van der Waals surface area (Å²) in [6.07, 6.45) is 2.60. The Balaban J connectivity index is 2.23. The Morgan fingerprint density at radius 1 is 1.40 bits per heavy atom. The molecular formula is C11H13NO2S. The maximum absolute atomic E-state index is 11.7. The zero-order valence-electron chi connectivity index (χ0n) is 8.53. The van der Waals surface area contributed by atoms with E-state index in [1.807, 2.05) is 31.2 Å². The predicted molar refractivity (Wildman–Crippen MR) is 60.9 cm³/mol. The molecule has 15 heavy (non-hydrogen) atoms. The molecule has 1 aromatic heterocycles. The van der Waals surface area contributed by atoms with Gasteiger partial charge in [0, 0.05) is 11.9 Å². The fraction of sp³-hybridized carbons (Fsp3) is 0.273. The van der Waals surface area contributed by atoms with E-state index in [4.69, 9.17) is 4.42 Å². The van der Waals surface area contributed by atoms with E-state index in [1.54, 1.807) is 6.26 Å². The standard InChI is InChI=1S/C11H13NO2S/c1-2-6-12-15(13)10-4-3-9-5-7-14-11(9)8-10/h3-5,7-8,12H,2,6H2,1H3. The van der Waals surface area contributed by atoms with Crippen LogP contribution in [0.4, 0.5) is 0 Å². The van der Waals surface area contributed by atoms with Crippen molar-refractivity contribution < 1.29 is 8.63 Å². The van der Waals surface area contributed by atoms with Gasteiger partial charge in [-0.25, -0.2) is 8.93 Å². The molecule has 1 N–H and O–H groups in total. The molecule has 0 aliphatic heterocycles. The van der Waals surface area contributed by atoms with E-state index in [-0.39, 0.29) is 0 Å². The van der Waals surface area contributed by atoms with Crippen molar-refractivity contribution in [3.05, 3.63) is 30.5 Å². The third kappa shape index (κ3) is 2.27. The van der Waals surface area contributed by atoms with E-state index in [0.717, 1.165) is 28.8 Å². The molecule has 0 aliphatic rings. The van der Waals surface area contributed by atoms with Crippen molar-refractivity contribution in [1.29, 1.82) is 0 Å². The van der Waals surface area contributed by atoms with Crippen molar-refractivity contribution in [1.82, 2.24) is 4.72 Å². The third-order valence-corrected chi connectivity index (χ3v) is 3.27. The van der Waals surface area contributed by atoms with Crippen molar-refractivity contribution in [2.75, 3.05) is 6.54 Å². The van der Waals surface area contributed by atoms with Crippen LogP contribution in [0, 0.1) is 0 Å². The number of benzene rings is 1. The van der Waals surface area contributed by atoms with Gasteiger partial charge in [0.1, 0.15) is 16.6 Å². The highest BCUT2D eigenvalue weighted by atomic mass is 32.2. The Bertz CT molecular complexity index is 478. The van der Waals surface area contributed by atoms with Gasteiger partial charge in [0.05, 0.1) is 11.2 Å². The molecule has 0 saturated heterocycles. The van der Waals surface area contributed by atoms with Gasteiger partial charge in [-0.1, -0.05) is 6.92 Å². The summed E-state index contributed by atoms with van der Waals surface area (Å²) in [4.78, 5) is 0.755. The molecule has 2 rings (SSSR count). The molecule has 80 valence electrons. The first kappa shape index (κ1) is 10.4. The number of fused-ring (bicyclic) bond motifs is 1. The van der Waals surface area contributed by atoms with Crippen LogP contribution in [0.3, 0.4) is 0 Å². The van der Waals surface area contributed by atoms with Crippen LogP contribution >= 0.6 is 0 Å². The van der Waals surface area contributed by atoms with E-state index < -0.39 is 11.0 Å². The van der Waals surface area contributed by atoms with Gasteiger partial charge in [0.15, 0.2) is 0 Å². The molecule has 0 fully saturated rings. The second-order valence-corrected chi connectivity index (χ2v) is 4.58. The van der Waals surface area contributed by atoms with Crippen LogP contribution in [0.1, 0.15) is 13.3 Å². The van der Waals surface area contributed by atoms with Gasteiger partial charge in [0.2, 0.25) is 0 Å². The summed E-state index contributed by atoms with van der Waals surface area (Å²) in [5, 5.41) is 1.03. The molecular weight excluding hydrogens is 210 g/mol. The average Bonchev–Trinajstić information content (AvgIpc) is 2.72. The van der Waals surface area contributed by atoms with Gasteiger partial charge in [-0.05, 0) is 30.7 Å². The zero-order chi connectivity index (χ0) is 10.7. The van der Waals surface area contributed by atoms with E-state index in [9.17, 15) is 4.21 Å². The normalized spacial score (nSPS) is 13.1. The van der Waals surface area contributed by atoms with E-state index in [2.05, 4.69) is 4.72 Å². The second kappa shape index (κ2) is 4.59. The van der Waals surface area contributed by atoms with Gasteiger partial charge in [-0.15, -0.1) is 0 Å². The van der Waals surface area contributed by atoms with Crippen molar-refractivity contribution in [3.8, 4) is 0 Å². The fourth-order valence-electron chi connectivity index (χ4n) is 1.33. The lowest BCUT2D eigenvalue weighted by molar-refractivity contribution is 0.614. The largest absolute Gasteiger partial charge is 0.464 e. The molecule has 0 saturated carbocycles. The average molecular weight is 223 g/mol. The highest BCUT2D eigenvalue weighted by Gasteiger charge is 2.04. The fourth-order valence-corrected chi connectivity index (χ4v) is 2.29. The van der Waals surface area contributed by atoms with Crippen LogP contribution in [0.5, 0.6) is 0 Å². The maximum atomic E-state index is 11.7. The number of hydrogen-bond donors (Lipinski definition) is 1. The van der Waals surface area contributed by atoms with Gasteiger partial charge >= 0.3 is 0 Å². The van der Waals surface area contributed by atoms with E-state index >= 15 is 0 Å². The van der Waals surface area contributed by atoms with Crippen LogP contribution in [-0.4, -0.2) is 10.8 Å². The Kier molecular flexibility index (Phi) is 3.18. The monoisotopic (exact) mass is 223 g/mol. The summed E-state index contributed by atoms with van der Waals surface area (Å²) < 4.78 is 19.9. The Morgan fingerprint density at radius 3 is 3.07 bits per heavy atom. The van der Waals surface area contributed by atoms with Crippen LogP contribution in [-0.2, 0) is 11.0 Å². The molecule has 1 aromatic carbocycles. The molecule has 1 heterocycles. The summed E-state index contributed by atoms with van der Waals surface area (Å²) >= 11 is 0. The minimum Gasteiger partial charge on any atom is -0.464 e. The molecule has 0 aliphatic carbocycles. The SMILES string of the molecule is CCCNS(=O)c1ccc2ccoc2c1. The van der Waals surface area contributed by atoms with Crippen LogP contribution in [0.2, 0.25) is 0 Å². The molecule has 2 aromatic rings. The third-order valence-electron chi connectivity index (χ3n) is 2.12. The molecule has 0 radical (unpaired) electrons. The number of rotatable bonds is 4. The van der Waals surface area contributed by atoms with Gasteiger partial charge in [-0.3, -0.25) is 0 Å². The van der Waals surface area contributed by atoms with Gasteiger partial charge in [-0.2, -0.15) is 0 Å². The summed E-state index contributed by atoms with van der Waals surface area (Å²) in [6, 6.07) is 7.48. The van der Waals surface area contributed by atoms with E-state index in [1.165, 1.54) is 0 Å². The van der Waals surface area contributed by atoms with Gasteiger partial charge in [0.25, 0.3) is 0 Å². The first-order valence-electron chi connectivity index (χ1n) is 4.94. The number of hydrogen-bond acceptors (Lipinski definition) is 2. The smallest absolute Gasteiger partial charge is 0.135 e. The highest BCUT2D eigenvalue weighted by molar-refractivity contribution is 7.83. The summed E-state index contributed by atoms with van der Waals surface area (Å²) in [6.45, 7) is 2.79. The minimum absolute atomic E-state index is 0.753. The van der Waals surface area contributed by atoms with Gasteiger partial charge < -0.3 is 4.42 Å². The molecule has 4 heteroatoms. The van der Waals surface area contributed by atoms with Crippen molar-refractivity contribution in [2.24, 2.45) is 0 Å². The summed E-state index contributed by atoms with van der Waals surface area (Å²) in [5.74, 6) is 0. The van der Waals surface area contributed by atoms with E-state index in [0.29, 0.717) is 0 Å².